The van der Waals surface area contributed by atoms with Gasteiger partial charge in [-0.15, -0.1) is 0 Å². The maximum Gasteiger partial charge on any atom is 0.241 e. The van der Waals surface area contributed by atoms with Crippen molar-refractivity contribution in [3.8, 4) is 0 Å². The summed E-state index contributed by atoms with van der Waals surface area (Å²) in [7, 11) is 0.397. The van der Waals surface area contributed by atoms with Crippen LogP contribution in [-0.4, -0.2) is 40.5 Å². The fourth-order valence-corrected chi connectivity index (χ4v) is 6.57. The van der Waals surface area contributed by atoms with Crippen LogP contribution < -0.4 is 9.62 Å². The SMILES string of the molecule is Cc1cc(C)c(S(=O)(=O)NC[C@@H](c2ccc(N(C)C)cc2)N2CCc3ccccc3C2)c(C)c1. The van der Waals surface area contributed by atoms with Gasteiger partial charge in [-0.1, -0.05) is 54.1 Å². The van der Waals surface area contributed by atoms with Crippen LogP contribution in [0.4, 0.5) is 5.69 Å². The molecule has 0 bridgehead atoms. The monoisotopic (exact) mass is 477 g/mol. The average molecular weight is 478 g/mol. The minimum atomic E-state index is -3.65. The van der Waals surface area contributed by atoms with Gasteiger partial charge >= 0.3 is 0 Å². The fourth-order valence-electron chi connectivity index (χ4n) is 5.09. The predicted octanol–water partition coefficient (Wildman–Crippen LogP) is 4.76. The summed E-state index contributed by atoms with van der Waals surface area (Å²) in [5.74, 6) is 0. The molecule has 3 aromatic carbocycles. The standard InChI is InChI=1S/C28H35N3O2S/c1-20-16-21(2)28(22(3)17-20)34(32,33)29-18-27(24-10-12-26(13-11-24)30(4)5)31-15-14-23-8-6-7-9-25(23)19-31/h6-13,16-17,27,29H,14-15,18-19H2,1-5H3/t27-/m0/s1. The van der Waals surface area contributed by atoms with Gasteiger partial charge in [0.25, 0.3) is 0 Å². The Morgan fingerprint density at radius 1 is 0.941 bits per heavy atom. The molecule has 1 atom stereocenters. The lowest BCUT2D eigenvalue weighted by molar-refractivity contribution is 0.180. The lowest BCUT2D eigenvalue weighted by atomic mass is 9.96. The Hall–Kier alpha value is -2.67. The Kier molecular flexibility index (Phi) is 7.12. The number of rotatable bonds is 7. The second-order valence-corrected chi connectivity index (χ2v) is 11.3. The van der Waals surface area contributed by atoms with Crippen molar-refractivity contribution in [1.82, 2.24) is 9.62 Å². The van der Waals surface area contributed by atoms with Crippen LogP contribution in [0, 0.1) is 20.8 Å². The molecule has 0 amide bonds. The van der Waals surface area contributed by atoms with Crippen LogP contribution in [0.2, 0.25) is 0 Å². The van der Waals surface area contributed by atoms with E-state index in [0.29, 0.717) is 11.4 Å². The zero-order valence-corrected chi connectivity index (χ0v) is 21.6. The van der Waals surface area contributed by atoms with E-state index in [0.717, 1.165) is 47.5 Å². The van der Waals surface area contributed by atoms with Crippen LogP contribution in [-0.2, 0) is 23.0 Å². The number of nitrogens with one attached hydrogen (secondary N) is 1. The number of fused-ring (bicyclic) bond motifs is 1. The zero-order valence-electron chi connectivity index (χ0n) is 20.8. The third-order valence-electron chi connectivity index (χ3n) is 6.74. The van der Waals surface area contributed by atoms with Crippen molar-refractivity contribution in [2.45, 2.75) is 44.7 Å². The van der Waals surface area contributed by atoms with Gasteiger partial charge in [0.05, 0.1) is 4.90 Å². The van der Waals surface area contributed by atoms with Gasteiger partial charge in [-0.2, -0.15) is 0 Å². The van der Waals surface area contributed by atoms with Gasteiger partial charge in [-0.25, -0.2) is 13.1 Å². The molecule has 0 saturated carbocycles. The van der Waals surface area contributed by atoms with Crippen LogP contribution in [0.1, 0.15) is 39.4 Å². The molecule has 34 heavy (non-hydrogen) atoms. The molecule has 0 unspecified atom stereocenters. The number of nitrogens with zero attached hydrogens (tertiary/aromatic N) is 2. The molecule has 1 heterocycles. The van der Waals surface area contributed by atoms with E-state index >= 15 is 0 Å². The topological polar surface area (TPSA) is 52.7 Å². The average Bonchev–Trinajstić information content (AvgIpc) is 2.78. The maximum atomic E-state index is 13.4. The van der Waals surface area contributed by atoms with Crippen molar-refractivity contribution in [2.24, 2.45) is 0 Å². The number of sulfonamides is 1. The van der Waals surface area contributed by atoms with Crippen LogP contribution in [0.5, 0.6) is 0 Å². The first kappa shape index (κ1) is 24.5. The highest BCUT2D eigenvalue weighted by Gasteiger charge is 2.28. The van der Waals surface area contributed by atoms with E-state index in [1.807, 2.05) is 47.0 Å². The lowest BCUT2D eigenvalue weighted by Gasteiger charge is -2.36. The minimum absolute atomic E-state index is 0.0644. The first-order valence-corrected chi connectivity index (χ1v) is 13.3. The van der Waals surface area contributed by atoms with Crippen molar-refractivity contribution in [1.29, 1.82) is 0 Å². The first-order chi connectivity index (χ1) is 16.2. The molecular weight excluding hydrogens is 442 g/mol. The van der Waals surface area contributed by atoms with Gasteiger partial charge < -0.3 is 4.90 Å². The van der Waals surface area contributed by atoms with E-state index in [-0.39, 0.29) is 6.04 Å². The third kappa shape index (κ3) is 5.19. The van der Waals surface area contributed by atoms with Crippen LogP contribution >= 0.6 is 0 Å². The third-order valence-corrected chi connectivity index (χ3v) is 8.46. The zero-order chi connectivity index (χ0) is 24.5. The van der Waals surface area contributed by atoms with E-state index < -0.39 is 10.0 Å². The molecule has 1 aliphatic rings. The highest BCUT2D eigenvalue weighted by Crippen LogP contribution is 2.30. The molecule has 5 nitrogen and oxygen atoms in total. The molecule has 1 aliphatic heterocycles. The number of hydrogen-bond donors (Lipinski definition) is 1. The second kappa shape index (κ2) is 9.90. The number of aryl methyl sites for hydroxylation is 3. The van der Waals surface area contributed by atoms with Crippen molar-refractivity contribution < 1.29 is 8.42 Å². The van der Waals surface area contributed by atoms with Gasteiger partial charge in [0.2, 0.25) is 10.0 Å². The quantitative estimate of drug-likeness (QED) is 0.533. The van der Waals surface area contributed by atoms with Crippen molar-refractivity contribution in [3.05, 3.63) is 94.0 Å². The number of benzene rings is 3. The van der Waals surface area contributed by atoms with Crippen molar-refractivity contribution >= 4 is 15.7 Å². The fraction of sp³-hybridized carbons (Fsp3) is 0.357. The van der Waals surface area contributed by atoms with Crippen LogP contribution in [0.3, 0.4) is 0 Å². The minimum Gasteiger partial charge on any atom is -0.378 e. The molecule has 6 heteroatoms. The van der Waals surface area contributed by atoms with Gasteiger partial charge in [-0.05, 0) is 67.1 Å². The summed E-state index contributed by atoms with van der Waals surface area (Å²) in [6, 6.07) is 20.8. The largest absolute Gasteiger partial charge is 0.378 e. The maximum absolute atomic E-state index is 13.4. The van der Waals surface area contributed by atoms with Crippen LogP contribution in [0.15, 0.2) is 65.6 Å². The summed E-state index contributed by atoms with van der Waals surface area (Å²) in [6.07, 6.45) is 0.964. The van der Waals surface area contributed by atoms with Crippen molar-refractivity contribution in [3.63, 3.8) is 0 Å². The van der Waals surface area contributed by atoms with Crippen LogP contribution in [0.25, 0.3) is 0 Å². The molecule has 4 rings (SSSR count). The summed E-state index contributed by atoms with van der Waals surface area (Å²) >= 11 is 0. The van der Waals surface area contributed by atoms with E-state index in [4.69, 9.17) is 0 Å². The summed E-state index contributed by atoms with van der Waals surface area (Å²) in [5.41, 5.74) is 7.57. The Labute approximate surface area is 204 Å². The Morgan fingerprint density at radius 3 is 2.18 bits per heavy atom. The van der Waals surface area contributed by atoms with Gasteiger partial charge in [-0.3, -0.25) is 4.90 Å². The summed E-state index contributed by atoms with van der Waals surface area (Å²) < 4.78 is 29.8. The predicted molar refractivity (Wildman–Crippen MR) is 140 cm³/mol. The highest BCUT2D eigenvalue weighted by molar-refractivity contribution is 7.89. The summed E-state index contributed by atoms with van der Waals surface area (Å²) in [4.78, 5) is 4.86. The number of hydrogen-bond acceptors (Lipinski definition) is 4. The lowest BCUT2D eigenvalue weighted by Crippen LogP contribution is -2.40. The highest BCUT2D eigenvalue weighted by atomic mass is 32.2. The molecule has 0 aliphatic carbocycles. The summed E-state index contributed by atoms with van der Waals surface area (Å²) in [6.45, 7) is 7.74. The molecule has 0 aromatic heterocycles. The van der Waals surface area contributed by atoms with Gasteiger partial charge in [0.15, 0.2) is 0 Å². The molecule has 0 saturated heterocycles. The molecule has 0 radical (unpaired) electrons. The molecule has 1 N–H and O–H groups in total. The first-order valence-electron chi connectivity index (χ1n) is 11.8. The number of anilines is 1. The van der Waals surface area contributed by atoms with E-state index in [9.17, 15) is 8.42 Å². The molecular formula is C28H35N3O2S. The van der Waals surface area contributed by atoms with E-state index in [2.05, 4.69) is 63.1 Å². The Morgan fingerprint density at radius 2 is 1.56 bits per heavy atom. The van der Waals surface area contributed by atoms with E-state index in [1.54, 1.807) is 0 Å². The molecule has 0 fully saturated rings. The van der Waals surface area contributed by atoms with Gasteiger partial charge in [0.1, 0.15) is 0 Å². The smallest absolute Gasteiger partial charge is 0.241 e. The van der Waals surface area contributed by atoms with Crippen molar-refractivity contribution in [2.75, 3.05) is 32.1 Å². The molecule has 0 spiro atoms. The van der Waals surface area contributed by atoms with Gasteiger partial charge in [0, 0.05) is 45.5 Å². The van der Waals surface area contributed by atoms with E-state index in [1.165, 1.54) is 11.1 Å². The Bertz CT molecular complexity index is 1240. The second-order valence-electron chi connectivity index (χ2n) is 9.57. The Balaban J connectivity index is 1.64. The summed E-state index contributed by atoms with van der Waals surface area (Å²) in [5, 5.41) is 0. The molecule has 180 valence electrons. The normalized spacial score (nSPS) is 15.1. The molecule has 3 aromatic rings.